The lowest BCUT2D eigenvalue weighted by atomic mass is 9.86. The van der Waals surface area contributed by atoms with Gasteiger partial charge in [-0.1, -0.05) is 0 Å². The molecule has 3 aromatic rings. The smallest absolute Gasteiger partial charge is 0.244 e. The van der Waals surface area contributed by atoms with Crippen molar-refractivity contribution < 1.29 is 18.6 Å². The lowest BCUT2D eigenvalue weighted by molar-refractivity contribution is 0.174. The highest BCUT2D eigenvalue weighted by molar-refractivity contribution is 5.72. The van der Waals surface area contributed by atoms with E-state index < -0.39 is 5.92 Å². The number of hydrogen-bond acceptors (Lipinski definition) is 7. The van der Waals surface area contributed by atoms with E-state index in [1.807, 2.05) is 37.3 Å². The molecular weight excluding hydrogens is 348 g/mol. The molecule has 0 amide bonds. The number of hydrogen-bond donors (Lipinski definition) is 2. The predicted octanol–water partition coefficient (Wildman–Crippen LogP) is 2.93. The van der Waals surface area contributed by atoms with E-state index >= 15 is 0 Å². The van der Waals surface area contributed by atoms with Gasteiger partial charge in [-0.15, -0.1) is 5.10 Å². The standard InChI is InChI=1S/C19H14N4O4/c1-9-2-4-13(26-9)15-11(7-20)18(21)27-19-16(15)17(22-23-19)10-3-5-12-14(6-10)25-8-24-12/h2-6,15H,8,21H2,1H3,(H,22,23)/t15-/m0/s1. The fourth-order valence-corrected chi connectivity index (χ4v) is 3.41. The minimum atomic E-state index is -0.522. The number of ether oxygens (including phenoxy) is 3. The summed E-state index contributed by atoms with van der Waals surface area (Å²) in [6, 6.07) is 11.4. The summed E-state index contributed by atoms with van der Waals surface area (Å²) in [4.78, 5) is 0. The highest BCUT2D eigenvalue weighted by Crippen LogP contribution is 2.47. The number of benzene rings is 1. The highest BCUT2D eigenvalue weighted by atomic mass is 16.7. The molecule has 8 heteroatoms. The molecule has 0 unspecified atom stereocenters. The van der Waals surface area contributed by atoms with Crippen LogP contribution in [0.5, 0.6) is 17.4 Å². The number of aromatic amines is 1. The summed E-state index contributed by atoms with van der Waals surface area (Å²) in [6.07, 6.45) is 0. The van der Waals surface area contributed by atoms with Gasteiger partial charge in [0.05, 0.1) is 17.2 Å². The minimum absolute atomic E-state index is 0.0211. The number of aryl methyl sites for hydroxylation is 1. The van der Waals surface area contributed by atoms with E-state index in [1.54, 1.807) is 0 Å². The van der Waals surface area contributed by atoms with Gasteiger partial charge >= 0.3 is 0 Å². The average Bonchev–Trinajstić information content (AvgIpc) is 3.38. The summed E-state index contributed by atoms with van der Waals surface area (Å²) < 4.78 is 22.2. The van der Waals surface area contributed by atoms with E-state index in [0.717, 1.165) is 11.3 Å². The summed E-state index contributed by atoms with van der Waals surface area (Å²) in [5, 5.41) is 16.9. The van der Waals surface area contributed by atoms with E-state index in [1.165, 1.54) is 0 Å². The van der Waals surface area contributed by atoms with Crippen LogP contribution in [0.3, 0.4) is 0 Å². The third-order valence-corrected chi connectivity index (χ3v) is 4.65. The maximum atomic E-state index is 9.67. The quantitative estimate of drug-likeness (QED) is 0.719. The van der Waals surface area contributed by atoms with E-state index in [-0.39, 0.29) is 18.2 Å². The second kappa shape index (κ2) is 5.57. The summed E-state index contributed by atoms with van der Waals surface area (Å²) in [5.74, 6) is 2.48. The van der Waals surface area contributed by atoms with Crippen LogP contribution in [0, 0.1) is 18.3 Å². The van der Waals surface area contributed by atoms with Gasteiger partial charge < -0.3 is 24.4 Å². The van der Waals surface area contributed by atoms with Gasteiger partial charge in [0.15, 0.2) is 11.5 Å². The Morgan fingerprint density at radius 2 is 2.07 bits per heavy atom. The number of furan rings is 1. The van der Waals surface area contributed by atoms with Crippen molar-refractivity contribution in [3.63, 3.8) is 0 Å². The van der Waals surface area contributed by atoms with Crippen molar-refractivity contribution in [3.8, 4) is 34.7 Å². The van der Waals surface area contributed by atoms with Gasteiger partial charge in [0, 0.05) is 5.56 Å². The molecule has 2 aliphatic rings. The molecule has 0 fully saturated rings. The van der Waals surface area contributed by atoms with Crippen molar-refractivity contribution in [1.82, 2.24) is 10.2 Å². The largest absolute Gasteiger partial charge is 0.465 e. The lowest BCUT2D eigenvalue weighted by Crippen LogP contribution is -2.20. The zero-order chi connectivity index (χ0) is 18.5. The Balaban J connectivity index is 1.70. The van der Waals surface area contributed by atoms with Crippen molar-refractivity contribution in [1.29, 1.82) is 5.26 Å². The Labute approximate surface area is 153 Å². The van der Waals surface area contributed by atoms with Crippen LogP contribution in [0.25, 0.3) is 11.3 Å². The number of fused-ring (bicyclic) bond motifs is 2. The van der Waals surface area contributed by atoms with Crippen LogP contribution >= 0.6 is 0 Å². The molecule has 0 aliphatic carbocycles. The third-order valence-electron chi connectivity index (χ3n) is 4.65. The second-order valence-corrected chi connectivity index (χ2v) is 6.26. The Morgan fingerprint density at radius 1 is 1.22 bits per heavy atom. The SMILES string of the molecule is Cc1ccc([C@@H]2C(C#N)=C(N)Oc3n[nH]c(-c4ccc5c(c4)OCO5)c32)o1. The first-order valence-electron chi connectivity index (χ1n) is 8.28. The monoisotopic (exact) mass is 362 g/mol. The molecule has 0 saturated carbocycles. The second-order valence-electron chi connectivity index (χ2n) is 6.26. The number of aromatic nitrogens is 2. The minimum Gasteiger partial charge on any atom is -0.465 e. The maximum absolute atomic E-state index is 9.67. The fraction of sp³-hybridized carbons (Fsp3) is 0.158. The molecule has 27 heavy (non-hydrogen) atoms. The van der Waals surface area contributed by atoms with Crippen molar-refractivity contribution >= 4 is 0 Å². The Bertz CT molecular complexity index is 1140. The number of rotatable bonds is 2. The Hall–Kier alpha value is -3.86. The molecule has 0 radical (unpaired) electrons. The van der Waals surface area contributed by atoms with Crippen molar-refractivity contribution in [3.05, 3.63) is 58.9 Å². The summed E-state index contributed by atoms with van der Waals surface area (Å²) in [7, 11) is 0. The summed E-state index contributed by atoms with van der Waals surface area (Å²) >= 11 is 0. The van der Waals surface area contributed by atoms with E-state index in [2.05, 4.69) is 16.3 Å². The lowest BCUT2D eigenvalue weighted by Gasteiger charge is -2.22. The van der Waals surface area contributed by atoms with Crippen LogP contribution in [-0.4, -0.2) is 17.0 Å². The number of nitrogens with one attached hydrogen (secondary N) is 1. The van der Waals surface area contributed by atoms with Gasteiger partial charge in [0.1, 0.15) is 23.2 Å². The van der Waals surface area contributed by atoms with Gasteiger partial charge in [0.2, 0.25) is 18.6 Å². The molecule has 2 aromatic heterocycles. The van der Waals surface area contributed by atoms with E-state index in [9.17, 15) is 5.26 Å². The Kier molecular flexibility index (Phi) is 3.18. The first kappa shape index (κ1) is 15.4. The first-order valence-corrected chi connectivity index (χ1v) is 8.28. The van der Waals surface area contributed by atoms with Crippen molar-refractivity contribution in [2.45, 2.75) is 12.8 Å². The van der Waals surface area contributed by atoms with Crippen LogP contribution in [0.15, 0.2) is 46.2 Å². The maximum Gasteiger partial charge on any atom is 0.244 e. The highest BCUT2D eigenvalue weighted by Gasteiger charge is 2.37. The molecule has 0 saturated heterocycles. The molecule has 5 rings (SSSR count). The van der Waals surface area contributed by atoms with Gasteiger partial charge in [-0.3, -0.25) is 5.10 Å². The zero-order valence-electron chi connectivity index (χ0n) is 14.3. The molecule has 8 nitrogen and oxygen atoms in total. The molecular formula is C19H14N4O4. The predicted molar refractivity (Wildman–Crippen MR) is 92.9 cm³/mol. The number of nitrogens with zero attached hydrogens (tertiary/aromatic N) is 2. The van der Waals surface area contributed by atoms with Crippen LogP contribution in [0.1, 0.15) is 23.0 Å². The van der Waals surface area contributed by atoms with Gasteiger partial charge in [0.25, 0.3) is 0 Å². The topological polar surface area (TPSA) is 119 Å². The molecule has 2 aliphatic heterocycles. The number of allylic oxidation sites excluding steroid dienone is 1. The van der Waals surface area contributed by atoms with E-state index in [0.29, 0.717) is 34.4 Å². The molecule has 0 bridgehead atoms. The van der Waals surface area contributed by atoms with Gasteiger partial charge in [-0.2, -0.15) is 5.26 Å². The van der Waals surface area contributed by atoms with Crippen molar-refractivity contribution in [2.75, 3.05) is 6.79 Å². The number of nitriles is 1. The van der Waals surface area contributed by atoms with Gasteiger partial charge in [-0.25, -0.2) is 0 Å². The van der Waals surface area contributed by atoms with Crippen LogP contribution in [-0.2, 0) is 0 Å². The Morgan fingerprint density at radius 3 is 2.85 bits per heavy atom. The normalized spacial score (nSPS) is 17.4. The average molecular weight is 362 g/mol. The first-order chi connectivity index (χ1) is 13.2. The van der Waals surface area contributed by atoms with E-state index in [4.69, 9.17) is 24.4 Å². The fourth-order valence-electron chi connectivity index (χ4n) is 3.41. The molecule has 4 heterocycles. The molecule has 1 atom stereocenters. The van der Waals surface area contributed by atoms with Crippen LogP contribution < -0.4 is 19.9 Å². The summed E-state index contributed by atoms with van der Waals surface area (Å²) in [5.41, 5.74) is 8.45. The molecule has 3 N–H and O–H groups in total. The van der Waals surface area contributed by atoms with Crippen molar-refractivity contribution in [2.24, 2.45) is 5.73 Å². The molecule has 134 valence electrons. The summed E-state index contributed by atoms with van der Waals surface area (Å²) in [6.45, 7) is 2.03. The molecule has 1 aromatic carbocycles. The van der Waals surface area contributed by atoms with Crippen LogP contribution in [0.4, 0.5) is 0 Å². The number of H-pyrrole nitrogens is 1. The zero-order valence-corrected chi connectivity index (χ0v) is 14.3. The van der Waals surface area contributed by atoms with Crippen LogP contribution in [0.2, 0.25) is 0 Å². The van der Waals surface area contributed by atoms with Gasteiger partial charge in [-0.05, 0) is 37.3 Å². The third kappa shape index (κ3) is 2.25. The molecule has 0 spiro atoms. The number of nitrogens with two attached hydrogens (primary N) is 1.